The van der Waals surface area contributed by atoms with Gasteiger partial charge >= 0.3 is 0 Å². The zero-order chi connectivity index (χ0) is 27.7. The predicted octanol–water partition coefficient (Wildman–Crippen LogP) is 3.89. The topological polar surface area (TPSA) is 92.3 Å². The van der Waals surface area contributed by atoms with Gasteiger partial charge in [0.15, 0.2) is 40.7 Å². The molecule has 3 aromatic carbocycles. The van der Waals surface area contributed by atoms with Gasteiger partial charge in [-0.2, -0.15) is 0 Å². The second kappa shape index (κ2) is 10.5. The van der Waals surface area contributed by atoms with Crippen molar-refractivity contribution in [3.05, 3.63) is 99.6 Å². The van der Waals surface area contributed by atoms with E-state index in [4.69, 9.17) is 0 Å². The van der Waals surface area contributed by atoms with E-state index in [1.807, 2.05) is 5.32 Å². The molecular weight excluding hydrogens is 540 g/mol. The van der Waals surface area contributed by atoms with Crippen molar-refractivity contribution in [1.29, 1.82) is 0 Å². The van der Waals surface area contributed by atoms with Crippen molar-refractivity contribution in [3.8, 4) is 0 Å². The zero-order valence-corrected chi connectivity index (χ0v) is 18.8. The number of carbonyl (C=O) groups is 2. The number of hydrogen-bond donors (Lipinski definition) is 2. The van der Waals surface area contributed by atoms with Crippen LogP contribution in [0.15, 0.2) is 41.3 Å². The van der Waals surface area contributed by atoms with E-state index in [9.17, 15) is 53.1 Å². The zero-order valence-electron chi connectivity index (χ0n) is 17.9. The summed E-state index contributed by atoms with van der Waals surface area (Å²) in [5.74, 6) is -20.2. The lowest BCUT2D eigenvalue weighted by Crippen LogP contribution is -2.31. The van der Waals surface area contributed by atoms with Crippen molar-refractivity contribution < 1.29 is 53.1 Å². The molecule has 0 atom stereocenters. The molecule has 2 amide bonds. The first-order valence-corrected chi connectivity index (χ1v) is 11.3. The number of hydrogen-bond acceptors (Lipinski definition) is 4. The van der Waals surface area contributed by atoms with Crippen LogP contribution < -0.4 is 10.0 Å². The van der Waals surface area contributed by atoms with E-state index in [2.05, 4.69) is 0 Å². The first-order chi connectivity index (χ1) is 17.3. The maximum absolute atomic E-state index is 13.7. The fourth-order valence-corrected chi connectivity index (χ4v) is 3.95. The second-order valence-electron chi connectivity index (χ2n) is 7.25. The van der Waals surface area contributed by atoms with Gasteiger partial charge in [0, 0.05) is 6.54 Å². The van der Waals surface area contributed by atoms with E-state index in [0.717, 1.165) is 12.1 Å². The van der Waals surface area contributed by atoms with Gasteiger partial charge in [-0.15, -0.1) is 0 Å². The van der Waals surface area contributed by atoms with E-state index >= 15 is 0 Å². The van der Waals surface area contributed by atoms with Crippen molar-refractivity contribution in [2.75, 3.05) is 6.54 Å². The van der Waals surface area contributed by atoms with Crippen LogP contribution in [0.5, 0.6) is 0 Å². The monoisotopic (exact) mass is 552 g/mol. The Bertz CT molecular complexity index is 1480. The van der Waals surface area contributed by atoms with Crippen LogP contribution in [0.2, 0.25) is 0 Å². The molecule has 0 saturated carbocycles. The molecule has 37 heavy (non-hydrogen) atoms. The molecule has 3 aromatic rings. The molecular formula is C22H12F8N2O4S. The lowest BCUT2D eigenvalue weighted by Gasteiger charge is -2.10. The molecule has 0 radical (unpaired) electrons. The minimum absolute atomic E-state index is 0.0894. The summed E-state index contributed by atoms with van der Waals surface area (Å²) in [7, 11) is -4.59. The Morgan fingerprint density at radius 2 is 1.19 bits per heavy atom. The minimum atomic E-state index is -4.59. The largest absolute Gasteiger partial charge is 0.352 e. The highest BCUT2D eigenvalue weighted by Crippen LogP contribution is 2.23. The van der Waals surface area contributed by atoms with Crippen LogP contribution in [0.3, 0.4) is 0 Å². The van der Waals surface area contributed by atoms with Crippen molar-refractivity contribution in [2.24, 2.45) is 0 Å². The fraction of sp³-hybridized carbons (Fsp3) is 0.0909. The highest BCUT2D eigenvalue weighted by Gasteiger charge is 2.29. The Kier molecular flexibility index (Phi) is 7.86. The third-order valence-electron chi connectivity index (χ3n) is 4.88. The van der Waals surface area contributed by atoms with Gasteiger partial charge in [0.05, 0.1) is 10.5 Å². The average molecular weight is 552 g/mol. The van der Waals surface area contributed by atoms with Crippen molar-refractivity contribution >= 4 is 21.8 Å². The molecule has 15 heteroatoms. The van der Waals surface area contributed by atoms with E-state index in [1.165, 1.54) is 16.9 Å². The summed E-state index contributed by atoms with van der Waals surface area (Å²) in [5.41, 5.74) is -2.41. The molecule has 0 fully saturated rings. The summed E-state index contributed by atoms with van der Waals surface area (Å²) < 4.78 is 133. The first-order valence-electron chi connectivity index (χ1n) is 9.85. The van der Waals surface area contributed by atoms with E-state index < -0.39 is 84.4 Å². The number of halogens is 8. The molecule has 0 heterocycles. The highest BCUT2D eigenvalue weighted by molar-refractivity contribution is 7.90. The third-order valence-corrected chi connectivity index (χ3v) is 6.22. The maximum atomic E-state index is 13.7. The van der Waals surface area contributed by atoms with Gasteiger partial charge in [-0.05, 0) is 36.2 Å². The number of nitrogens with one attached hydrogen (secondary N) is 2. The molecule has 0 saturated heterocycles. The maximum Gasteiger partial charge on any atom is 0.268 e. The molecule has 2 N–H and O–H groups in total. The summed E-state index contributed by atoms with van der Waals surface area (Å²) in [6.45, 7) is -0.365. The fourth-order valence-electron chi connectivity index (χ4n) is 2.99. The number of rotatable bonds is 7. The molecule has 196 valence electrons. The molecule has 0 spiro atoms. The number of carbonyl (C=O) groups excluding carboxylic acids is 2. The van der Waals surface area contributed by atoms with Gasteiger partial charge in [0.2, 0.25) is 5.82 Å². The van der Waals surface area contributed by atoms with Crippen molar-refractivity contribution in [3.63, 3.8) is 0 Å². The molecule has 0 aliphatic rings. The van der Waals surface area contributed by atoms with Crippen LogP contribution in [0.4, 0.5) is 35.1 Å². The summed E-state index contributed by atoms with van der Waals surface area (Å²) in [6.07, 6.45) is -0.0894. The highest BCUT2D eigenvalue weighted by atomic mass is 32.2. The Morgan fingerprint density at radius 3 is 1.76 bits per heavy atom. The van der Waals surface area contributed by atoms with Gasteiger partial charge in [-0.25, -0.2) is 48.3 Å². The Hall–Kier alpha value is -4.01. The molecule has 0 aliphatic carbocycles. The Morgan fingerprint density at radius 1 is 0.649 bits per heavy atom. The van der Waals surface area contributed by atoms with Crippen LogP contribution in [0, 0.1) is 46.5 Å². The van der Waals surface area contributed by atoms with E-state index in [-0.39, 0.29) is 13.0 Å². The van der Waals surface area contributed by atoms with Crippen LogP contribution in [0.25, 0.3) is 0 Å². The lowest BCUT2D eigenvalue weighted by molar-refractivity contribution is 0.0940. The lowest BCUT2D eigenvalue weighted by atomic mass is 10.1. The molecule has 6 nitrogen and oxygen atoms in total. The van der Waals surface area contributed by atoms with Crippen LogP contribution in [-0.2, 0) is 16.4 Å². The second-order valence-corrected chi connectivity index (χ2v) is 8.93. The molecule has 0 aromatic heterocycles. The normalized spacial score (nSPS) is 11.4. The SMILES string of the molecule is O=C(NS(=O)(=O)c1ccc(CCNC(=O)c2c(F)c(F)c(F)c(F)c2F)cc1)c1ccc(F)c(F)c1F. The quantitative estimate of drug-likeness (QED) is 0.264. The molecule has 0 bridgehead atoms. The molecule has 0 unspecified atom stereocenters. The Labute approximate surface area is 203 Å². The van der Waals surface area contributed by atoms with Gasteiger partial charge in [-0.3, -0.25) is 9.59 Å². The number of amides is 2. The van der Waals surface area contributed by atoms with Crippen LogP contribution in [0.1, 0.15) is 26.3 Å². The average Bonchev–Trinajstić information content (AvgIpc) is 2.85. The smallest absolute Gasteiger partial charge is 0.268 e. The summed E-state index contributed by atoms with van der Waals surface area (Å²) in [6, 6.07) is 5.34. The van der Waals surface area contributed by atoms with Gasteiger partial charge in [0.25, 0.3) is 21.8 Å². The minimum Gasteiger partial charge on any atom is -0.352 e. The van der Waals surface area contributed by atoms with Crippen molar-refractivity contribution in [1.82, 2.24) is 10.0 Å². The molecule has 3 rings (SSSR count). The van der Waals surface area contributed by atoms with E-state index in [0.29, 0.717) is 17.7 Å². The Balaban J connectivity index is 1.65. The number of sulfonamides is 1. The summed E-state index contributed by atoms with van der Waals surface area (Å²) >= 11 is 0. The number of benzene rings is 3. The van der Waals surface area contributed by atoms with Gasteiger partial charge in [0.1, 0.15) is 5.56 Å². The van der Waals surface area contributed by atoms with Gasteiger partial charge in [-0.1, -0.05) is 12.1 Å². The van der Waals surface area contributed by atoms with E-state index in [1.54, 1.807) is 0 Å². The predicted molar refractivity (Wildman–Crippen MR) is 110 cm³/mol. The third kappa shape index (κ3) is 5.55. The summed E-state index contributed by atoms with van der Waals surface area (Å²) in [5, 5.41) is 1.96. The standard InChI is InChI=1S/C22H12F8N2O4S/c23-12-6-5-11(14(24)15(12)25)21(33)32-37(35,36)10-3-1-9(2-4-10)7-8-31-22(34)13-16(26)18(28)20(30)19(29)17(13)27/h1-6H,7-8H2,(H,31,34)(H,32,33). The first kappa shape index (κ1) is 27.6. The van der Waals surface area contributed by atoms with Crippen molar-refractivity contribution in [2.45, 2.75) is 11.3 Å². The molecule has 0 aliphatic heterocycles. The van der Waals surface area contributed by atoms with Crippen LogP contribution >= 0.6 is 0 Å². The van der Waals surface area contributed by atoms with Crippen LogP contribution in [-0.4, -0.2) is 26.8 Å². The summed E-state index contributed by atoms with van der Waals surface area (Å²) in [4.78, 5) is 23.5. The van der Waals surface area contributed by atoms with Gasteiger partial charge < -0.3 is 5.32 Å².